The van der Waals surface area contributed by atoms with E-state index in [0.717, 1.165) is 11.3 Å². The van der Waals surface area contributed by atoms with Gasteiger partial charge in [0.15, 0.2) is 0 Å². The van der Waals surface area contributed by atoms with E-state index in [-0.39, 0.29) is 16.4 Å². The summed E-state index contributed by atoms with van der Waals surface area (Å²) in [6.45, 7) is 6.13. The maximum absolute atomic E-state index is 13.4. The van der Waals surface area contributed by atoms with Crippen molar-refractivity contribution in [2.24, 2.45) is 0 Å². The molecule has 2 aromatic rings. The first-order chi connectivity index (χ1) is 7.84. The Kier molecular flexibility index (Phi) is 3.08. The Morgan fingerprint density at radius 1 is 1.35 bits per heavy atom. The van der Waals surface area contributed by atoms with Gasteiger partial charge in [-0.3, -0.25) is 0 Å². The summed E-state index contributed by atoms with van der Waals surface area (Å²) in [7, 11) is 0. The summed E-state index contributed by atoms with van der Waals surface area (Å²) in [6.07, 6.45) is 0. The fraction of sp³-hybridized carbons (Fsp3) is 0.417. The Hall–Kier alpha value is -0.800. The third kappa shape index (κ3) is 2.14. The molecule has 0 aliphatic heterocycles. The predicted molar refractivity (Wildman–Crippen MR) is 69.3 cm³/mol. The molecule has 1 aromatic carbocycles. The van der Waals surface area contributed by atoms with Gasteiger partial charge in [-0.05, 0) is 26.8 Å². The Morgan fingerprint density at radius 2 is 2.00 bits per heavy atom. The molecule has 2 rings (SSSR count). The summed E-state index contributed by atoms with van der Waals surface area (Å²) in [4.78, 5) is 4.33. The van der Waals surface area contributed by atoms with Gasteiger partial charge in [0.05, 0.1) is 21.9 Å². The minimum Gasteiger partial charge on any atom is -0.322 e. The topological polar surface area (TPSA) is 17.8 Å². The smallest absolute Gasteiger partial charge is 0.144 e. The molecule has 0 aliphatic carbocycles. The Labute approximate surface area is 109 Å². The van der Waals surface area contributed by atoms with Crippen molar-refractivity contribution >= 4 is 34.2 Å². The number of aromatic nitrogens is 2. The van der Waals surface area contributed by atoms with E-state index >= 15 is 0 Å². The van der Waals surface area contributed by atoms with Gasteiger partial charge in [0, 0.05) is 11.6 Å². The van der Waals surface area contributed by atoms with Gasteiger partial charge in [0.2, 0.25) is 0 Å². The van der Waals surface area contributed by atoms with Gasteiger partial charge in [0.25, 0.3) is 0 Å². The van der Waals surface area contributed by atoms with Crippen molar-refractivity contribution in [1.29, 1.82) is 0 Å². The van der Waals surface area contributed by atoms with Crippen LogP contribution in [-0.2, 0) is 11.4 Å². The van der Waals surface area contributed by atoms with Crippen LogP contribution in [0.5, 0.6) is 0 Å². The van der Waals surface area contributed by atoms with Crippen molar-refractivity contribution in [2.75, 3.05) is 0 Å². The molecule has 0 bridgehead atoms. The average molecular weight is 275 g/mol. The van der Waals surface area contributed by atoms with Crippen molar-refractivity contribution in [2.45, 2.75) is 32.2 Å². The fourth-order valence-corrected chi connectivity index (χ4v) is 2.30. The summed E-state index contributed by atoms with van der Waals surface area (Å²) in [6, 6.07) is 2.94. The molecule has 0 N–H and O–H groups in total. The Morgan fingerprint density at radius 3 is 2.53 bits per heavy atom. The van der Waals surface area contributed by atoms with Crippen molar-refractivity contribution < 1.29 is 4.39 Å². The van der Waals surface area contributed by atoms with Crippen LogP contribution in [0.4, 0.5) is 4.39 Å². The molecule has 0 unspecified atom stereocenters. The molecule has 2 nitrogen and oxygen atoms in total. The zero-order valence-corrected chi connectivity index (χ0v) is 11.4. The van der Waals surface area contributed by atoms with Gasteiger partial charge in [-0.1, -0.05) is 11.6 Å². The van der Waals surface area contributed by atoms with Crippen LogP contribution >= 0.6 is 23.2 Å². The highest BCUT2D eigenvalue weighted by Gasteiger charge is 2.21. The SMILES string of the molecule is CC(C)(C)n1c(CCl)nc2cc(F)c(Cl)cc21. The van der Waals surface area contributed by atoms with Gasteiger partial charge < -0.3 is 4.57 Å². The number of benzene rings is 1. The number of hydrogen-bond donors (Lipinski definition) is 0. The third-order valence-electron chi connectivity index (χ3n) is 2.56. The number of halogens is 3. The standard InChI is InChI=1S/C12H13Cl2FN2/c1-12(2,3)17-10-4-7(14)8(15)5-9(10)16-11(17)6-13/h4-5H,6H2,1-3H3. The van der Waals surface area contributed by atoms with Crippen LogP contribution in [-0.4, -0.2) is 9.55 Å². The molecule has 17 heavy (non-hydrogen) atoms. The fourth-order valence-electron chi connectivity index (χ4n) is 1.96. The first-order valence-corrected chi connectivity index (χ1v) is 6.18. The van der Waals surface area contributed by atoms with Crippen molar-refractivity contribution in [3.8, 4) is 0 Å². The molecule has 0 amide bonds. The van der Waals surface area contributed by atoms with Crippen LogP contribution in [0.25, 0.3) is 11.0 Å². The maximum Gasteiger partial charge on any atom is 0.144 e. The number of nitrogens with zero attached hydrogens (tertiary/aromatic N) is 2. The second kappa shape index (κ2) is 4.14. The van der Waals surface area contributed by atoms with Crippen LogP contribution in [0, 0.1) is 5.82 Å². The highest BCUT2D eigenvalue weighted by molar-refractivity contribution is 6.31. The lowest BCUT2D eigenvalue weighted by Crippen LogP contribution is -2.23. The molecule has 5 heteroatoms. The molecule has 0 spiro atoms. The molecule has 0 radical (unpaired) electrons. The van der Waals surface area contributed by atoms with E-state index in [0.29, 0.717) is 5.52 Å². The van der Waals surface area contributed by atoms with Crippen LogP contribution in [0.15, 0.2) is 12.1 Å². The van der Waals surface area contributed by atoms with Crippen LogP contribution in [0.2, 0.25) is 5.02 Å². The lowest BCUT2D eigenvalue weighted by molar-refractivity contribution is 0.398. The molecular weight excluding hydrogens is 262 g/mol. The number of hydrogen-bond acceptors (Lipinski definition) is 1. The third-order valence-corrected chi connectivity index (χ3v) is 3.09. The van der Waals surface area contributed by atoms with Crippen LogP contribution < -0.4 is 0 Å². The molecule has 0 fully saturated rings. The Bertz CT molecular complexity index is 570. The molecule has 0 aliphatic rings. The summed E-state index contributed by atoms with van der Waals surface area (Å²) < 4.78 is 15.4. The van der Waals surface area contributed by atoms with E-state index in [1.165, 1.54) is 6.07 Å². The summed E-state index contributed by atoms with van der Waals surface area (Å²) in [5, 5.41) is 0.101. The molecule has 0 atom stereocenters. The average Bonchev–Trinajstić information content (AvgIpc) is 2.56. The molecule has 92 valence electrons. The van der Waals surface area contributed by atoms with Gasteiger partial charge in [-0.2, -0.15) is 0 Å². The van der Waals surface area contributed by atoms with E-state index in [4.69, 9.17) is 23.2 Å². The molecular formula is C12H13Cl2FN2. The van der Waals surface area contributed by atoms with Crippen LogP contribution in [0.3, 0.4) is 0 Å². The summed E-state index contributed by atoms with van der Waals surface area (Å²) in [5.41, 5.74) is 1.21. The lowest BCUT2D eigenvalue weighted by atomic mass is 10.1. The zero-order valence-electron chi connectivity index (χ0n) is 9.89. The first-order valence-electron chi connectivity index (χ1n) is 5.27. The largest absolute Gasteiger partial charge is 0.322 e. The number of imidazole rings is 1. The van der Waals surface area contributed by atoms with Crippen molar-refractivity contribution in [3.05, 3.63) is 28.8 Å². The zero-order chi connectivity index (χ0) is 12.8. The van der Waals surface area contributed by atoms with Gasteiger partial charge >= 0.3 is 0 Å². The number of alkyl halides is 1. The van der Waals surface area contributed by atoms with E-state index < -0.39 is 5.82 Å². The first kappa shape index (κ1) is 12.7. The van der Waals surface area contributed by atoms with E-state index in [2.05, 4.69) is 4.98 Å². The normalized spacial score (nSPS) is 12.4. The van der Waals surface area contributed by atoms with Crippen molar-refractivity contribution in [1.82, 2.24) is 9.55 Å². The predicted octanol–water partition coefficient (Wildman–Crippen LogP) is 4.32. The molecule has 1 heterocycles. The van der Waals surface area contributed by atoms with E-state index in [1.807, 2.05) is 25.3 Å². The second-order valence-corrected chi connectivity index (χ2v) is 5.60. The van der Waals surface area contributed by atoms with E-state index in [9.17, 15) is 4.39 Å². The van der Waals surface area contributed by atoms with Gasteiger partial charge in [-0.15, -0.1) is 11.6 Å². The minimum atomic E-state index is -0.459. The quantitative estimate of drug-likeness (QED) is 0.708. The highest BCUT2D eigenvalue weighted by atomic mass is 35.5. The number of rotatable bonds is 1. The monoisotopic (exact) mass is 274 g/mol. The molecule has 0 saturated heterocycles. The van der Waals surface area contributed by atoms with Crippen molar-refractivity contribution in [3.63, 3.8) is 0 Å². The van der Waals surface area contributed by atoms with Gasteiger partial charge in [0.1, 0.15) is 11.6 Å². The Balaban J connectivity index is 2.84. The van der Waals surface area contributed by atoms with E-state index in [1.54, 1.807) is 6.07 Å². The number of fused-ring (bicyclic) bond motifs is 1. The second-order valence-electron chi connectivity index (χ2n) is 4.92. The molecule has 0 saturated carbocycles. The summed E-state index contributed by atoms with van der Waals surface area (Å²) >= 11 is 11.7. The minimum absolute atomic E-state index is 0.101. The summed E-state index contributed by atoms with van der Waals surface area (Å²) in [5.74, 6) is 0.542. The maximum atomic E-state index is 13.4. The van der Waals surface area contributed by atoms with Gasteiger partial charge in [-0.25, -0.2) is 9.37 Å². The van der Waals surface area contributed by atoms with Crippen LogP contribution in [0.1, 0.15) is 26.6 Å². The lowest BCUT2D eigenvalue weighted by Gasteiger charge is -2.24. The highest BCUT2D eigenvalue weighted by Crippen LogP contribution is 2.29. The molecule has 1 aromatic heterocycles.